The summed E-state index contributed by atoms with van der Waals surface area (Å²) in [6.07, 6.45) is 0.900. The summed E-state index contributed by atoms with van der Waals surface area (Å²) in [6.45, 7) is 9.94. The van der Waals surface area contributed by atoms with Gasteiger partial charge in [-0.1, -0.05) is 55.6 Å². The Morgan fingerprint density at radius 2 is 1.96 bits per heavy atom. The van der Waals surface area contributed by atoms with Gasteiger partial charge in [-0.25, -0.2) is 0 Å². The van der Waals surface area contributed by atoms with E-state index in [0.29, 0.717) is 21.0 Å². The van der Waals surface area contributed by atoms with E-state index in [9.17, 15) is 14.9 Å². The van der Waals surface area contributed by atoms with Crippen molar-refractivity contribution < 1.29 is 9.59 Å². The number of hydrogen-bond acceptors (Lipinski definition) is 8. The molecule has 0 aliphatic carbocycles. The highest BCUT2D eigenvalue weighted by molar-refractivity contribution is 8.04. The number of carbonyl (C=O) groups excluding carboxylic acids is 2. The van der Waals surface area contributed by atoms with Crippen LogP contribution in [0, 0.1) is 17.2 Å². The number of aromatic nitrogens is 2. The molecule has 2 atom stereocenters. The normalized spacial score (nSPS) is 14.3. The van der Waals surface area contributed by atoms with Gasteiger partial charge in [-0.2, -0.15) is 5.26 Å². The summed E-state index contributed by atoms with van der Waals surface area (Å²) in [7, 11) is 0. The fraction of sp³-hybridized carbons (Fsp3) is 0.688. The van der Waals surface area contributed by atoms with Crippen LogP contribution in [0.25, 0.3) is 0 Å². The lowest BCUT2D eigenvalue weighted by molar-refractivity contribution is -0.122. The third kappa shape index (κ3) is 7.13. The summed E-state index contributed by atoms with van der Waals surface area (Å²) in [4.78, 5) is 24.0. The van der Waals surface area contributed by atoms with Gasteiger partial charge < -0.3 is 10.6 Å². The SMILES string of the molecule is CCCNC(=O)CSc1nnc(SC(C)C(=O)NC(C)(C#N)C(C)C)s1. The Morgan fingerprint density at radius 1 is 1.31 bits per heavy atom. The van der Waals surface area contributed by atoms with Crippen molar-refractivity contribution in [3.05, 3.63) is 0 Å². The van der Waals surface area contributed by atoms with Gasteiger partial charge in [0.1, 0.15) is 5.54 Å². The van der Waals surface area contributed by atoms with Gasteiger partial charge in [0.2, 0.25) is 11.8 Å². The van der Waals surface area contributed by atoms with Crippen molar-refractivity contribution in [2.24, 2.45) is 5.92 Å². The molecule has 7 nitrogen and oxygen atoms in total. The van der Waals surface area contributed by atoms with Crippen LogP contribution in [0.1, 0.15) is 41.0 Å². The third-order valence-corrected chi connectivity index (χ3v) is 6.94. The highest BCUT2D eigenvalue weighted by Gasteiger charge is 2.32. The monoisotopic (exact) mass is 415 g/mol. The molecule has 10 heteroatoms. The van der Waals surface area contributed by atoms with E-state index in [1.807, 2.05) is 20.8 Å². The van der Waals surface area contributed by atoms with Crippen LogP contribution in [0.3, 0.4) is 0 Å². The number of hydrogen-bond donors (Lipinski definition) is 2. The van der Waals surface area contributed by atoms with Crippen LogP contribution in [0.5, 0.6) is 0 Å². The summed E-state index contributed by atoms with van der Waals surface area (Å²) in [5, 5.41) is 22.6. The molecule has 1 heterocycles. The van der Waals surface area contributed by atoms with Crippen LogP contribution >= 0.6 is 34.9 Å². The molecule has 2 N–H and O–H groups in total. The topological polar surface area (TPSA) is 108 Å². The Balaban J connectivity index is 2.54. The lowest BCUT2D eigenvalue weighted by atomic mass is 9.90. The average molecular weight is 416 g/mol. The van der Waals surface area contributed by atoms with Gasteiger partial charge in [0, 0.05) is 6.54 Å². The Hall–Kier alpha value is -1.31. The molecule has 0 saturated heterocycles. The van der Waals surface area contributed by atoms with Gasteiger partial charge in [0.05, 0.1) is 17.1 Å². The van der Waals surface area contributed by atoms with Crippen LogP contribution in [-0.4, -0.2) is 45.1 Å². The molecule has 1 aromatic rings. The van der Waals surface area contributed by atoms with Crippen molar-refractivity contribution in [2.45, 2.75) is 60.5 Å². The maximum atomic E-state index is 12.4. The first-order valence-corrected chi connectivity index (χ1v) is 11.0. The fourth-order valence-electron chi connectivity index (χ4n) is 1.61. The minimum atomic E-state index is -0.903. The standard InChI is InChI=1S/C16H25N5O2S3/c1-6-7-18-12(22)8-24-14-20-21-15(26-14)25-11(4)13(23)19-16(5,9-17)10(2)3/h10-11H,6-8H2,1-5H3,(H,18,22)(H,19,23). The van der Waals surface area contributed by atoms with Crippen molar-refractivity contribution in [2.75, 3.05) is 12.3 Å². The Morgan fingerprint density at radius 3 is 2.54 bits per heavy atom. The van der Waals surface area contributed by atoms with Crippen molar-refractivity contribution >= 4 is 46.7 Å². The van der Waals surface area contributed by atoms with Gasteiger partial charge in [0.15, 0.2) is 8.68 Å². The first-order valence-electron chi connectivity index (χ1n) is 8.34. The molecule has 0 fully saturated rings. The first kappa shape index (κ1) is 22.7. The molecular formula is C16H25N5O2S3. The highest BCUT2D eigenvalue weighted by Crippen LogP contribution is 2.31. The van der Waals surface area contributed by atoms with E-state index in [0.717, 1.165) is 6.42 Å². The second-order valence-electron chi connectivity index (χ2n) is 6.19. The molecule has 0 spiro atoms. The summed E-state index contributed by atoms with van der Waals surface area (Å²) in [6, 6.07) is 2.17. The van der Waals surface area contributed by atoms with E-state index in [1.54, 1.807) is 13.8 Å². The number of rotatable bonds is 10. The van der Waals surface area contributed by atoms with Gasteiger partial charge in [-0.05, 0) is 26.2 Å². The van der Waals surface area contributed by atoms with Crippen molar-refractivity contribution in [1.29, 1.82) is 5.26 Å². The zero-order chi connectivity index (χ0) is 19.7. The molecule has 0 aromatic carbocycles. The predicted octanol–water partition coefficient (Wildman–Crippen LogP) is 2.69. The lowest BCUT2D eigenvalue weighted by Gasteiger charge is -2.28. The van der Waals surface area contributed by atoms with E-state index in [-0.39, 0.29) is 17.7 Å². The predicted molar refractivity (Wildman–Crippen MR) is 106 cm³/mol. The Bertz CT molecular complexity index is 659. The fourth-order valence-corrected chi connectivity index (χ4v) is 4.60. The molecule has 2 amide bonds. The smallest absolute Gasteiger partial charge is 0.234 e. The maximum Gasteiger partial charge on any atom is 0.234 e. The maximum absolute atomic E-state index is 12.4. The quantitative estimate of drug-likeness (QED) is 0.566. The minimum absolute atomic E-state index is 0.00274. The number of nitrogens with zero attached hydrogens (tertiary/aromatic N) is 3. The molecular weight excluding hydrogens is 390 g/mol. The van der Waals surface area contributed by atoms with Crippen LogP contribution in [0.2, 0.25) is 0 Å². The van der Waals surface area contributed by atoms with E-state index in [2.05, 4.69) is 26.9 Å². The van der Waals surface area contributed by atoms with Gasteiger partial charge in [-0.15, -0.1) is 10.2 Å². The molecule has 0 aliphatic rings. The molecule has 1 rings (SSSR count). The molecule has 0 bridgehead atoms. The van der Waals surface area contributed by atoms with E-state index >= 15 is 0 Å². The summed E-state index contributed by atoms with van der Waals surface area (Å²) >= 11 is 3.98. The molecule has 1 aromatic heterocycles. The zero-order valence-electron chi connectivity index (χ0n) is 15.7. The number of nitriles is 1. The minimum Gasteiger partial charge on any atom is -0.355 e. The second-order valence-corrected chi connectivity index (χ2v) is 9.98. The average Bonchev–Trinajstić information content (AvgIpc) is 3.04. The van der Waals surface area contributed by atoms with Crippen LogP contribution in [-0.2, 0) is 9.59 Å². The summed E-state index contributed by atoms with van der Waals surface area (Å²) < 4.78 is 1.35. The van der Waals surface area contributed by atoms with Gasteiger partial charge in [-0.3, -0.25) is 9.59 Å². The van der Waals surface area contributed by atoms with Gasteiger partial charge >= 0.3 is 0 Å². The first-order chi connectivity index (χ1) is 12.2. The molecule has 0 aliphatic heterocycles. The van der Waals surface area contributed by atoms with E-state index < -0.39 is 10.8 Å². The molecule has 144 valence electrons. The van der Waals surface area contributed by atoms with Crippen molar-refractivity contribution in [3.8, 4) is 6.07 Å². The number of thioether (sulfide) groups is 2. The Labute approximate surface area is 167 Å². The van der Waals surface area contributed by atoms with Crippen LogP contribution in [0.15, 0.2) is 8.68 Å². The van der Waals surface area contributed by atoms with E-state index in [1.165, 1.54) is 34.9 Å². The van der Waals surface area contributed by atoms with Crippen LogP contribution in [0.4, 0.5) is 0 Å². The number of amides is 2. The summed E-state index contributed by atoms with van der Waals surface area (Å²) in [5.74, 6) is 0.0520. The van der Waals surface area contributed by atoms with E-state index in [4.69, 9.17) is 0 Å². The second kappa shape index (κ2) is 10.7. The third-order valence-electron chi connectivity index (χ3n) is 3.70. The molecule has 0 saturated carbocycles. The van der Waals surface area contributed by atoms with Crippen molar-refractivity contribution in [3.63, 3.8) is 0 Å². The lowest BCUT2D eigenvalue weighted by Crippen LogP contribution is -2.51. The van der Waals surface area contributed by atoms with Gasteiger partial charge in [0.25, 0.3) is 0 Å². The highest BCUT2D eigenvalue weighted by atomic mass is 32.2. The largest absolute Gasteiger partial charge is 0.355 e. The van der Waals surface area contributed by atoms with Crippen molar-refractivity contribution in [1.82, 2.24) is 20.8 Å². The summed E-state index contributed by atoms with van der Waals surface area (Å²) in [5.41, 5.74) is -0.903. The number of carbonyl (C=O) groups is 2. The molecule has 0 radical (unpaired) electrons. The molecule has 26 heavy (non-hydrogen) atoms. The number of nitrogens with one attached hydrogen (secondary N) is 2. The van der Waals surface area contributed by atoms with Crippen LogP contribution < -0.4 is 10.6 Å². The zero-order valence-corrected chi connectivity index (χ0v) is 18.1. The molecule has 2 unspecified atom stereocenters. The Kier molecular flexibility index (Phi) is 9.39.